The van der Waals surface area contributed by atoms with E-state index in [1.54, 1.807) is 78.9 Å². The molecule has 3 N–H and O–H groups in total. The molecule has 0 unspecified atom stereocenters. The topological polar surface area (TPSA) is 136 Å². The fraction of sp³-hybridized carbons (Fsp3) is 0.0244. The molecule has 7 rings (SSSR count). The van der Waals surface area contributed by atoms with Gasteiger partial charge in [-0.05, 0) is 77.0 Å². The summed E-state index contributed by atoms with van der Waals surface area (Å²) < 4.78 is 0. The van der Waals surface area contributed by atoms with E-state index in [-0.39, 0.29) is 61.1 Å². The van der Waals surface area contributed by atoms with Crippen molar-refractivity contribution < 1.29 is 19.8 Å². The third-order valence-corrected chi connectivity index (χ3v) is 10.4. The summed E-state index contributed by atoms with van der Waals surface area (Å²) in [5, 5.41) is 46.0. The van der Waals surface area contributed by atoms with Crippen LogP contribution in [0.2, 0.25) is 30.1 Å². The third-order valence-electron chi connectivity index (χ3n) is 8.60. The first-order valence-electron chi connectivity index (χ1n) is 16.4. The molecule has 0 heterocycles. The van der Waals surface area contributed by atoms with E-state index in [4.69, 9.17) is 69.6 Å². The van der Waals surface area contributed by atoms with E-state index >= 15 is 0 Å². The largest absolute Gasteiger partial charge is 0.505 e. The quantitative estimate of drug-likeness (QED) is 0.0983. The number of carbonyl (C=O) groups excluding carboxylic acids is 2. The number of hydrogen-bond acceptors (Lipinski definition) is 8. The Bertz CT molecular complexity index is 2620. The molecule has 7 aromatic carbocycles. The third kappa shape index (κ3) is 8.15. The highest BCUT2D eigenvalue weighted by Gasteiger charge is 2.23. The summed E-state index contributed by atoms with van der Waals surface area (Å²) in [7, 11) is 0. The number of nitrogens with zero attached hydrogens (tertiary/aromatic N) is 4. The van der Waals surface area contributed by atoms with Crippen molar-refractivity contribution in [2.75, 3.05) is 5.32 Å². The van der Waals surface area contributed by atoms with Gasteiger partial charge in [0.25, 0.3) is 5.91 Å². The molecule has 0 spiro atoms. The number of fused-ring (bicyclic) bond motifs is 2. The molecular formula is C41H23Cl6N5O4. The van der Waals surface area contributed by atoms with Crippen molar-refractivity contribution in [1.82, 2.24) is 0 Å². The lowest BCUT2D eigenvalue weighted by molar-refractivity contribution is 0.0988. The number of ketones is 1. The first-order chi connectivity index (χ1) is 26.9. The zero-order valence-corrected chi connectivity index (χ0v) is 32.9. The maximum Gasteiger partial charge on any atom is 0.259 e. The van der Waals surface area contributed by atoms with Gasteiger partial charge in [-0.25, -0.2) is 0 Å². The molecule has 0 saturated heterocycles. The van der Waals surface area contributed by atoms with Crippen LogP contribution in [0.4, 0.5) is 28.4 Å². The lowest BCUT2D eigenvalue weighted by Gasteiger charge is -2.14. The number of anilines is 1. The molecule has 1 amide bonds. The Balaban J connectivity index is 1.17. The number of amides is 1. The number of hydrogen-bond donors (Lipinski definition) is 3. The monoisotopic (exact) mass is 859 g/mol. The van der Waals surface area contributed by atoms with Crippen molar-refractivity contribution in [2.45, 2.75) is 6.42 Å². The van der Waals surface area contributed by atoms with Crippen LogP contribution in [-0.2, 0) is 6.42 Å². The molecule has 0 aliphatic rings. The minimum absolute atomic E-state index is 0.0251. The molecule has 0 saturated carbocycles. The Hall–Kier alpha value is -5.26. The van der Waals surface area contributed by atoms with Gasteiger partial charge in [0.05, 0.1) is 31.9 Å². The number of rotatable bonds is 9. The molecule has 278 valence electrons. The van der Waals surface area contributed by atoms with Gasteiger partial charge in [-0.1, -0.05) is 118 Å². The number of aromatic hydroxyl groups is 2. The average molecular weight is 862 g/mol. The Morgan fingerprint density at radius 1 is 0.536 bits per heavy atom. The van der Waals surface area contributed by atoms with E-state index in [2.05, 4.69) is 25.8 Å². The number of carbonyl (C=O) groups is 2. The van der Waals surface area contributed by atoms with Crippen LogP contribution >= 0.6 is 69.6 Å². The molecule has 0 bridgehead atoms. The number of benzene rings is 7. The molecule has 7 aromatic rings. The van der Waals surface area contributed by atoms with Gasteiger partial charge in [0.15, 0.2) is 17.3 Å². The van der Waals surface area contributed by atoms with Gasteiger partial charge in [0.2, 0.25) is 0 Å². The van der Waals surface area contributed by atoms with Gasteiger partial charge in [-0.3, -0.25) is 9.59 Å². The van der Waals surface area contributed by atoms with E-state index < -0.39 is 23.2 Å². The van der Waals surface area contributed by atoms with Crippen LogP contribution < -0.4 is 5.32 Å². The van der Waals surface area contributed by atoms with Crippen molar-refractivity contribution in [3.63, 3.8) is 0 Å². The van der Waals surface area contributed by atoms with Crippen LogP contribution in [0.15, 0.2) is 130 Å². The Morgan fingerprint density at radius 3 is 1.59 bits per heavy atom. The van der Waals surface area contributed by atoms with Gasteiger partial charge in [-0.2, -0.15) is 0 Å². The maximum atomic E-state index is 13.8. The highest BCUT2D eigenvalue weighted by molar-refractivity contribution is 6.37. The van der Waals surface area contributed by atoms with E-state index in [1.807, 2.05) is 0 Å². The molecule has 0 atom stereocenters. The molecule has 0 fully saturated rings. The second-order valence-electron chi connectivity index (χ2n) is 12.3. The van der Waals surface area contributed by atoms with Crippen LogP contribution in [-0.4, -0.2) is 21.9 Å². The fourth-order valence-corrected chi connectivity index (χ4v) is 6.94. The summed E-state index contributed by atoms with van der Waals surface area (Å²) >= 11 is 38.0. The van der Waals surface area contributed by atoms with Crippen molar-refractivity contribution in [3.8, 4) is 11.5 Å². The van der Waals surface area contributed by atoms with Gasteiger partial charge in [0, 0.05) is 32.3 Å². The summed E-state index contributed by atoms with van der Waals surface area (Å²) in [6, 6.07) is 29.3. The minimum atomic E-state index is -0.728. The number of halogens is 6. The van der Waals surface area contributed by atoms with Crippen molar-refractivity contribution in [1.29, 1.82) is 0 Å². The van der Waals surface area contributed by atoms with Gasteiger partial charge < -0.3 is 15.5 Å². The van der Waals surface area contributed by atoms with E-state index in [0.717, 1.165) is 0 Å². The van der Waals surface area contributed by atoms with Crippen LogP contribution in [0.5, 0.6) is 11.5 Å². The lowest BCUT2D eigenvalue weighted by atomic mass is 9.97. The highest BCUT2D eigenvalue weighted by atomic mass is 35.5. The number of phenols is 2. The summed E-state index contributed by atoms with van der Waals surface area (Å²) in [6.07, 6.45) is -0.272. The molecule has 0 aliphatic carbocycles. The predicted octanol–water partition coefficient (Wildman–Crippen LogP) is 14.8. The average Bonchev–Trinajstić information content (AvgIpc) is 3.18. The fourth-order valence-electron chi connectivity index (χ4n) is 5.83. The minimum Gasteiger partial charge on any atom is -0.505 e. The molecule has 15 heteroatoms. The molecule has 9 nitrogen and oxygen atoms in total. The van der Waals surface area contributed by atoms with Crippen LogP contribution in [0.1, 0.15) is 26.3 Å². The Labute approximate surface area is 348 Å². The van der Waals surface area contributed by atoms with Gasteiger partial charge >= 0.3 is 0 Å². The summed E-state index contributed by atoms with van der Waals surface area (Å²) in [5.74, 6) is -2.07. The Kier molecular flexibility index (Phi) is 11.5. The number of azo groups is 2. The van der Waals surface area contributed by atoms with Crippen molar-refractivity contribution in [2.24, 2.45) is 20.5 Å². The number of phenolic OH excluding ortho intramolecular Hbond substituents is 2. The van der Waals surface area contributed by atoms with Crippen molar-refractivity contribution >= 4 is 131 Å². The number of Topliss-reactive ketones (excluding diaryl/α,β-unsaturated/α-hetero) is 1. The van der Waals surface area contributed by atoms with E-state index in [9.17, 15) is 19.8 Å². The molecule has 0 aromatic heterocycles. The first-order valence-corrected chi connectivity index (χ1v) is 18.7. The summed E-state index contributed by atoms with van der Waals surface area (Å²) in [4.78, 5) is 27.4. The molecule has 56 heavy (non-hydrogen) atoms. The normalized spacial score (nSPS) is 11.6. The first kappa shape index (κ1) is 39.0. The predicted molar refractivity (Wildman–Crippen MR) is 225 cm³/mol. The summed E-state index contributed by atoms with van der Waals surface area (Å²) in [6.45, 7) is 0. The van der Waals surface area contributed by atoms with Crippen LogP contribution in [0.25, 0.3) is 21.5 Å². The van der Waals surface area contributed by atoms with Gasteiger partial charge in [0.1, 0.15) is 22.7 Å². The smallest absolute Gasteiger partial charge is 0.259 e. The number of nitrogens with one attached hydrogen (secondary N) is 1. The lowest BCUT2D eigenvalue weighted by Crippen LogP contribution is -2.13. The molecular weight excluding hydrogens is 839 g/mol. The maximum absolute atomic E-state index is 13.8. The zero-order valence-electron chi connectivity index (χ0n) is 28.4. The molecule has 0 radical (unpaired) electrons. The standard InChI is InChI=1S/C41H23Cl6N5O4/c42-23-9-11-29(44)34(17-23)49-51-37-25-7-3-1-5-20(25)13-27(39(37)54)36(53)16-22-15-32(47)33(19-31(22)46)48-41(56)28-14-21-6-2-4-8-26(21)38(40(28)55)52-50-35-18-24(43)10-12-30(35)45/h1-15,17-19,54-55H,16H2,(H,48,56). The zero-order chi connectivity index (χ0) is 39.7. The second kappa shape index (κ2) is 16.5. The highest BCUT2D eigenvalue weighted by Crippen LogP contribution is 2.43. The van der Waals surface area contributed by atoms with Crippen LogP contribution in [0, 0.1) is 0 Å². The summed E-state index contributed by atoms with van der Waals surface area (Å²) in [5.41, 5.74) is 0.881. The van der Waals surface area contributed by atoms with Crippen LogP contribution in [0.3, 0.4) is 0 Å². The second-order valence-corrected chi connectivity index (χ2v) is 14.8. The van der Waals surface area contributed by atoms with E-state index in [1.165, 1.54) is 30.3 Å². The Morgan fingerprint density at radius 2 is 1.04 bits per heavy atom. The molecule has 0 aliphatic heterocycles. The van der Waals surface area contributed by atoms with Crippen molar-refractivity contribution in [3.05, 3.63) is 156 Å². The SMILES string of the molecule is O=C(Cc1cc(Cl)c(NC(=O)c2cc3ccccc3c(N=Nc3cc(Cl)ccc3Cl)c2O)cc1Cl)c1cc2ccccc2c(N=Nc2cc(Cl)ccc2Cl)c1O. The van der Waals surface area contributed by atoms with Gasteiger partial charge in [-0.15, -0.1) is 20.5 Å². The van der Waals surface area contributed by atoms with E-state index in [0.29, 0.717) is 42.2 Å².